The fraction of sp³-hybridized carbons (Fsp3) is 0.556. The van der Waals surface area contributed by atoms with E-state index in [2.05, 4.69) is 35.6 Å². The molecule has 1 aliphatic heterocycles. The van der Waals surface area contributed by atoms with Gasteiger partial charge in [0.25, 0.3) is 0 Å². The Kier molecular flexibility index (Phi) is 5.06. The SMILES string of the molecule is CCNC1=C(c2ccc(Cl)cc2)SN(CC)C12CCCCC2. The number of hydrogen-bond acceptors (Lipinski definition) is 3. The number of rotatable bonds is 4. The molecule has 1 aromatic carbocycles. The Labute approximate surface area is 143 Å². The predicted octanol–water partition coefficient (Wildman–Crippen LogP) is 5.30. The number of likely N-dealkylation sites (N-methyl/N-ethyl adjacent to an activating group) is 2. The average molecular weight is 337 g/mol. The van der Waals surface area contributed by atoms with Crippen molar-refractivity contribution in [1.82, 2.24) is 9.62 Å². The van der Waals surface area contributed by atoms with Crippen molar-refractivity contribution < 1.29 is 0 Å². The van der Waals surface area contributed by atoms with Crippen LogP contribution in [0.15, 0.2) is 30.0 Å². The minimum Gasteiger partial charge on any atom is -0.386 e. The first-order valence-corrected chi connectivity index (χ1v) is 9.56. The summed E-state index contributed by atoms with van der Waals surface area (Å²) in [5, 5.41) is 4.52. The van der Waals surface area contributed by atoms with E-state index in [4.69, 9.17) is 11.6 Å². The predicted molar refractivity (Wildman–Crippen MR) is 97.8 cm³/mol. The highest BCUT2D eigenvalue weighted by Gasteiger charge is 2.47. The highest BCUT2D eigenvalue weighted by Crippen LogP contribution is 2.54. The van der Waals surface area contributed by atoms with Gasteiger partial charge in [0.1, 0.15) is 0 Å². The van der Waals surface area contributed by atoms with Crippen molar-refractivity contribution >= 4 is 28.5 Å². The molecule has 0 saturated heterocycles. The van der Waals surface area contributed by atoms with Crippen molar-refractivity contribution in [1.29, 1.82) is 0 Å². The van der Waals surface area contributed by atoms with Crippen molar-refractivity contribution in [2.45, 2.75) is 51.5 Å². The Morgan fingerprint density at radius 3 is 2.41 bits per heavy atom. The van der Waals surface area contributed by atoms with Crippen molar-refractivity contribution in [3.05, 3.63) is 40.5 Å². The van der Waals surface area contributed by atoms with Gasteiger partial charge in [-0.15, -0.1) is 0 Å². The summed E-state index contributed by atoms with van der Waals surface area (Å²) in [7, 11) is 0. The Bertz CT molecular complexity index is 547. The maximum absolute atomic E-state index is 6.07. The molecule has 120 valence electrons. The van der Waals surface area contributed by atoms with Crippen molar-refractivity contribution in [3.8, 4) is 0 Å². The molecule has 22 heavy (non-hydrogen) atoms. The summed E-state index contributed by atoms with van der Waals surface area (Å²) in [4.78, 5) is 1.39. The lowest BCUT2D eigenvalue weighted by atomic mass is 9.78. The fourth-order valence-corrected chi connectivity index (χ4v) is 5.32. The van der Waals surface area contributed by atoms with E-state index in [-0.39, 0.29) is 5.54 Å². The van der Waals surface area contributed by atoms with Crippen LogP contribution < -0.4 is 5.32 Å². The molecule has 0 unspecified atom stereocenters. The zero-order valence-electron chi connectivity index (χ0n) is 13.5. The molecule has 2 aliphatic rings. The normalized spacial score (nSPS) is 21.6. The Morgan fingerprint density at radius 2 is 1.82 bits per heavy atom. The minimum absolute atomic E-state index is 0.211. The van der Waals surface area contributed by atoms with Gasteiger partial charge in [-0.25, -0.2) is 4.31 Å². The standard InChI is InChI=1S/C18H25ClN2S/c1-3-20-17-16(14-8-10-15(19)11-9-14)22-21(4-2)18(17)12-6-5-7-13-18/h8-11,20H,3-7,12-13H2,1-2H3. The molecule has 1 N–H and O–H groups in total. The zero-order chi connectivity index (χ0) is 15.6. The largest absolute Gasteiger partial charge is 0.386 e. The number of benzene rings is 1. The molecule has 0 atom stereocenters. The van der Waals surface area contributed by atoms with E-state index in [1.54, 1.807) is 0 Å². The summed E-state index contributed by atoms with van der Waals surface area (Å²) in [5.74, 6) is 0. The van der Waals surface area contributed by atoms with Gasteiger partial charge in [-0.05, 0) is 49.4 Å². The van der Waals surface area contributed by atoms with Crippen LogP contribution in [0.3, 0.4) is 0 Å². The molecule has 1 fully saturated rings. The molecular weight excluding hydrogens is 312 g/mol. The maximum Gasteiger partial charge on any atom is 0.0722 e. The first kappa shape index (κ1) is 16.2. The summed E-state index contributed by atoms with van der Waals surface area (Å²) in [6.07, 6.45) is 6.58. The van der Waals surface area contributed by atoms with Crippen LogP contribution in [-0.4, -0.2) is 22.9 Å². The second kappa shape index (κ2) is 6.86. The number of hydrogen-bond donors (Lipinski definition) is 1. The smallest absolute Gasteiger partial charge is 0.0722 e. The van der Waals surface area contributed by atoms with E-state index < -0.39 is 0 Å². The molecule has 2 nitrogen and oxygen atoms in total. The van der Waals surface area contributed by atoms with Gasteiger partial charge in [0.2, 0.25) is 0 Å². The van der Waals surface area contributed by atoms with Crippen LogP contribution in [0.25, 0.3) is 4.91 Å². The Balaban J connectivity index is 2.05. The van der Waals surface area contributed by atoms with Gasteiger partial charge >= 0.3 is 0 Å². The molecule has 1 spiro atoms. The van der Waals surface area contributed by atoms with Gasteiger partial charge in [0.05, 0.1) is 10.4 Å². The lowest BCUT2D eigenvalue weighted by Crippen LogP contribution is -2.48. The van der Waals surface area contributed by atoms with E-state index >= 15 is 0 Å². The lowest BCUT2D eigenvalue weighted by Gasteiger charge is -2.42. The summed E-state index contributed by atoms with van der Waals surface area (Å²) in [6, 6.07) is 8.29. The van der Waals surface area contributed by atoms with Gasteiger partial charge in [0, 0.05) is 23.8 Å². The molecule has 0 aromatic heterocycles. The monoisotopic (exact) mass is 336 g/mol. The van der Waals surface area contributed by atoms with Crippen LogP contribution >= 0.6 is 23.5 Å². The minimum atomic E-state index is 0.211. The molecular formula is C18H25ClN2S. The highest BCUT2D eigenvalue weighted by atomic mass is 35.5. The zero-order valence-corrected chi connectivity index (χ0v) is 15.1. The molecule has 1 aromatic rings. The summed E-state index contributed by atoms with van der Waals surface area (Å²) < 4.78 is 2.61. The van der Waals surface area contributed by atoms with Crippen molar-refractivity contribution in [3.63, 3.8) is 0 Å². The van der Waals surface area contributed by atoms with Crippen LogP contribution in [0.5, 0.6) is 0 Å². The van der Waals surface area contributed by atoms with Gasteiger partial charge in [0.15, 0.2) is 0 Å². The second-order valence-corrected chi connectivity index (χ2v) is 7.59. The quantitative estimate of drug-likeness (QED) is 0.750. The topological polar surface area (TPSA) is 15.3 Å². The lowest BCUT2D eigenvalue weighted by molar-refractivity contribution is 0.183. The van der Waals surface area contributed by atoms with E-state index in [1.807, 2.05) is 24.1 Å². The molecule has 0 amide bonds. The van der Waals surface area contributed by atoms with Gasteiger partial charge < -0.3 is 5.32 Å². The third kappa shape index (κ3) is 2.79. The summed E-state index contributed by atoms with van der Waals surface area (Å²) in [5.41, 5.74) is 2.94. The molecule has 1 heterocycles. The fourth-order valence-electron chi connectivity index (χ4n) is 3.80. The van der Waals surface area contributed by atoms with Gasteiger partial charge in [-0.2, -0.15) is 0 Å². The maximum atomic E-state index is 6.07. The highest BCUT2D eigenvalue weighted by molar-refractivity contribution is 8.06. The van der Waals surface area contributed by atoms with Crippen LogP contribution in [0.2, 0.25) is 5.02 Å². The summed E-state index contributed by atoms with van der Waals surface area (Å²) in [6.45, 7) is 6.53. The van der Waals surface area contributed by atoms with Crippen LogP contribution in [-0.2, 0) is 0 Å². The second-order valence-electron chi connectivity index (χ2n) is 6.12. The van der Waals surface area contributed by atoms with Crippen LogP contribution in [0, 0.1) is 0 Å². The Hall–Kier alpha value is -0.640. The van der Waals surface area contributed by atoms with E-state index in [9.17, 15) is 0 Å². The van der Waals surface area contributed by atoms with Crippen molar-refractivity contribution in [2.75, 3.05) is 13.1 Å². The first-order valence-electron chi connectivity index (χ1n) is 8.41. The van der Waals surface area contributed by atoms with E-state index in [0.29, 0.717) is 0 Å². The third-order valence-corrected chi connectivity index (χ3v) is 6.50. The third-order valence-electron chi connectivity index (χ3n) is 4.80. The average Bonchev–Trinajstić information content (AvgIpc) is 2.83. The molecule has 0 bridgehead atoms. The number of nitrogens with one attached hydrogen (secondary N) is 1. The summed E-state index contributed by atoms with van der Waals surface area (Å²) >= 11 is 8.00. The number of nitrogens with zero attached hydrogens (tertiary/aromatic N) is 1. The van der Waals surface area contributed by atoms with Gasteiger partial charge in [-0.3, -0.25) is 0 Å². The molecule has 1 saturated carbocycles. The molecule has 3 rings (SSSR count). The van der Waals surface area contributed by atoms with Crippen LogP contribution in [0.1, 0.15) is 51.5 Å². The van der Waals surface area contributed by atoms with E-state index in [1.165, 1.54) is 48.3 Å². The number of halogens is 1. The van der Waals surface area contributed by atoms with E-state index in [0.717, 1.165) is 18.1 Å². The first-order chi connectivity index (χ1) is 10.7. The Morgan fingerprint density at radius 1 is 1.14 bits per heavy atom. The van der Waals surface area contributed by atoms with Crippen LogP contribution in [0.4, 0.5) is 0 Å². The molecule has 4 heteroatoms. The molecule has 0 radical (unpaired) electrons. The van der Waals surface area contributed by atoms with Gasteiger partial charge in [-0.1, -0.05) is 49.9 Å². The van der Waals surface area contributed by atoms with Crippen molar-refractivity contribution in [2.24, 2.45) is 0 Å². The molecule has 1 aliphatic carbocycles.